The molecule has 24 heavy (non-hydrogen) atoms. The highest BCUT2D eigenvalue weighted by molar-refractivity contribution is 5.91. The Kier molecular flexibility index (Phi) is 4.72. The number of alkyl halides is 3. The molecule has 0 unspecified atom stereocenters. The van der Waals surface area contributed by atoms with E-state index in [0.717, 1.165) is 30.3 Å². The molecule has 0 radical (unpaired) electrons. The molecule has 2 rings (SSSR count). The molecule has 0 aliphatic rings. The standard InChI is InChI=1S/C15H10F3NO5/c1-23-11-6-7-13(12(8-11)19(21)22)24-14(20)9-2-4-10(5-3-9)15(16,17)18/h2-8H,1H3. The lowest BCUT2D eigenvalue weighted by atomic mass is 10.1. The van der Waals surface area contributed by atoms with E-state index in [1.54, 1.807) is 0 Å². The molecular formula is C15H10F3NO5. The fraction of sp³-hybridized carbons (Fsp3) is 0.133. The molecule has 0 aliphatic carbocycles. The van der Waals surface area contributed by atoms with Crippen molar-refractivity contribution < 1.29 is 32.4 Å². The fourth-order valence-electron chi connectivity index (χ4n) is 1.81. The second-order valence-electron chi connectivity index (χ2n) is 4.56. The van der Waals surface area contributed by atoms with Gasteiger partial charge in [-0.3, -0.25) is 10.1 Å². The van der Waals surface area contributed by atoms with Crippen LogP contribution >= 0.6 is 0 Å². The summed E-state index contributed by atoms with van der Waals surface area (Å²) in [6.45, 7) is 0. The second-order valence-corrected chi connectivity index (χ2v) is 4.56. The first-order valence-corrected chi connectivity index (χ1v) is 6.44. The molecule has 0 heterocycles. The SMILES string of the molecule is COc1ccc(OC(=O)c2ccc(C(F)(F)F)cc2)c([N+](=O)[O-])c1. The Labute approximate surface area is 133 Å². The first-order chi connectivity index (χ1) is 11.2. The van der Waals surface area contributed by atoms with E-state index in [9.17, 15) is 28.1 Å². The van der Waals surface area contributed by atoms with Gasteiger partial charge in [-0.1, -0.05) is 0 Å². The van der Waals surface area contributed by atoms with E-state index in [1.165, 1.54) is 19.2 Å². The Balaban J connectivity index is 2.25. The number of ether oxygens (including phenoxy) is 2. The lowest BCUT2D eigenvalue weighted by Crippen LogP contribution is -2.11. The highest BCUT2D eigenvalue weighted by Gasteiger charge is 2.30. The predicted octanol–water partition coefficient (Wildman–Crippen LogP) is 3.84. The molecule has 0 aliphatic heterocycles. The number of hydrogen-bond donors (Lipinski definition) is 0. The van der Waals surface area contributed by atoms with Crippen molar-refractivity contribution in [3.63, 3.8) is 0 Å². The van der Waals surface area contributed by atoms with Crippen LogP contribution < -0.4 is 9.47 Å². The van der Waals surface area contributed by atoms with Crippen LogP contribution in [-0.4, -0.2) is 18.0 Å². The Morgan fingerprint density at radius 3 is 2.25 bits per heavy atom. The maximum absolute atomic E-state index is 12.5. The molecule has 0 saturated carbocycles. The van der Waals surface area contributed by atoms with Gasteiger partial charge in [0.1, 0.15) is 5.75 Å². The summed E-state index contributed by atoms with van der Waals surface area (Å²) in [6.07, 6.45) is -4.53. The number of nitrogens with zero attached hydrogens (tertiary/aromatic N) is 1. The molecular weight excluding hydrogens is 331 g/mol. The summed E-state index contributed by atoms with van der Waals surface area (Å²) >= 11 is 0. The van der Waals surface area contributed by atoms with Crippen LogP contribution in [0.2, 0.25) is 0 Å². The van der Waals surface area contributed by atoms with Gasteiger partial charge in [-0.05, 0) is 36.4 Å². The maximum atomic E-state index is 12.5. The normalized spacial score (nSPS) is 11.0. The molecule has 0 aromatic heterocycles. The van der Waals surface area contributed by atoms with Crippen LogP contribution in [0.4, 0.5) is 18.9 Å². The molecule has 0 atom stereocenters. The van der Waals surface area contributed by atoms with Crippen LogP contribution in [0.25, 0.3) is 0 Å². The molecule has 2 aromatic carbocycles. The number of benzene rings is 2. The number of nitro groups is 1. The zero-order chi connectivity index (χ0) is 17.9. The van der Waals surface area contributed by atoms with Gasteiger partial charge in [0.2, 0.25) is 5.75 Å². The first kappa shape index (κ1) is 17.3. The predicted molar refractivity (Wildman–Crippen MR) is 76.1 cm³/mol. The van der Waals surface area contributed by atoms with Gasteiger partial charge in [0.05, 0.1) is 29.2 Å². The Hall–Kier alpha value is -3.10. The smallest absolute Gasteiger partial charge is 0.416 e. The van der Waals surface area contributed by atoms with Crippen molar-refractivity contribution in [2.24, 2.45) is 0 Å². The summed E-state index contributed by atoms with van der Waals surface area (Å²) in [5.41, 5.74) is -1.60. The van der Waals surface area contributed by atoms with E-state index >= 15 is 0 Å². The maximum Gasteiger partial charge on any atom is 0.416 e. The number of methoxy groups -OCH3 is 1. The number of rotatable bonds is 4. The number of halogens is 3. The van der Waals surface area contributed by atoms with E-state index in [2.05, 4.69) is 0 Å². The van der Waals surface area contributed by atoms with Gasteiger partial charge in [0, 0.05) is 0 Å². The van der Waals surface area contributed by atoms with Crippen molar-refractivity contribution >= 4 is 11.7 Å². The van der Waals surface area contributed by atoms with Crippen LogP contribution in [0.1, 0.15) is 15.9 Å². The van der Waals surface area contributed by atoms with Gasteiger partial charge < -0.3 is 9.47 Å². The third kappa shape index (κ3) is 3.80. The van der Waals surface area contributed by atoms with Crippen LogP contribution in [0.5, 0.6) is 11.5 Å². The average molecular weight is 341 g/mol. The number of hydrogen-bond acceptors (Lipinski definition) is 5. The molecule has 0 spiro atoms. The Morgan fingerprint density at radius 2 is 1.75 bits per heavy atom. The highest BCUT2D eigenvalue weighted by Crippen LogP contribution is 2.32. The minimum Gasteiger partial charge on any atom is -0.496 e. The molecule has 2 aromatic rings. The van der Waals surface area contributed by atoms with E-state index in [0.29, 0.717) is 0 Å². The summed E-state index contributed by atoms with van der Waals surface area (Å²) in [4.78, 5) is 22.2. The summed E-state index contributed by atoms with van der Waals surface area (Å²) in [6, 6.07) is 6.88. The monoisotopic (exact) mass is 341 g/mol. The third-order valence-electron chi connectivity index (χ3n) is 3.01. The Bertz CT molecular complexity index is 772. The van der Waals surface area contributed by atoms with E-state index in [-0.39, 0.29) is 17.1 Å². The van der Waals surface area contributed by atoms with E-state index < -0.39 is 28.3 Å². The lowest BCUT2D eigenvalue weighted by Gasteiger charge is -2.08. The van der Waals surface area contributed by atoms with Crippen LogP contribution in [-0.2, 0) is 6.18 Å². The van der Waals surface area contributed by atoms with Crippen LogP contribution in [0.15, 0.2) is 42.5 Å². The summed E-state index contributed by atoms with van der Waals surface area (Å²) in [5, 5.41) is 11.0. The molecule has 9 heteroatoms. The zero-order valence-corrected chi connectivity index (χ0v) is 12.2. The van der Waals surface area contributed by atoms with Crippen molar-refractivity contribution in [1.29, 1.82) is 0 Å². The highest BCUT2D eigenvalue weighted by atomic mass is 19.4. The summed E-state index contributed by atoms with van der Waals surface area (Å²) in [5.74, 6) is -1.17. The van der Waals surface area contributed by atoms with Crippen molar-refractivity contribution in [3.8, 4) is 11.5 Å². The van der Waals surface area contributed by atoms with Crippen molar-refractivity contribution in [2.45, 2.75) is 6.18 Å². The summed E-state index contributed by atoms with van der Waals surface area (Å²) < 4.78 is 47.2. The largest absolute Gasteiger partial charge is 0.496 e. The van der Waals surface area contributed by atoms with Gasteiger partial charge in [0.15, 0.2) is 0 Å². The molecule has 0 saturated heterocycles. The van der Waals surface area contributed by atoms with Crippen LogP contribution in [0, 0.1) is 10.1 Å². The minimum absolute atomic E-state index is 0.173. The van der Waals surface area contributed by atoms with Gasteiger partial charge in [-0.15, -0.1) is 0 Å². The van der Waals surface area contributed by atoms with Gasteiger partial charge in [-0.25, -0.2) is 4.79 Å². The lowest BCUT2D eigenvalue weighted by molar-refractivity contribution is -0.385. The number of esters is 1. The molecule has 0 N–H and O–H groups in total. The number of nitro benzene ring substituents is 1. The molecule has 0 amide bonds. The van der Waals surface area contributed by atoms with Gasteiger partial charge in [0.25, 0.3) is 0 Å². The van der Waals surface area contributed by atoms with Gasteiger partial charge in [-0.2, -0.15) is 13.2 Å². The third-order valence-corrected chi connectivity index (χ3v) is 3.01. The number of carbonyl (C=O) groups excluding carboxylic acids is 1. The first-order valence-electron chi connectivity index (χ1n) is 6.44. The minimum atomic E-state index is -4.53. The van der Waals surface area contributed by atoms with Crippen LogP contribution in [0.3, 0.4) is 0 Å². The van der Waals surface area contributed by atoms with Gasteiger partial charge >= 0.3 is 17.8 Å². The molecule has 6 nitrogen and oxygen atoms in total. The van der Waals surface area contributed by atoms with Crippen molar-refractivity contribution in [3.05, 3.63) is 63.7 Å². The average Bonchev–Trinajstić information content (AvgIpc) is 2.54. The van der Waals surface area contributed by atoms with Crippen molar-refractivity contribution in [2.75, 3.05) is 7.11 Å². The topological polar surface area (TPSA) is 78.7 Å². The Morgan fingerprint density at radius 1 is 1.12 bits per heavy atom. The second kappa shape index (κ2) is 6.57. The van der Waals surface area contributed by atoms with E-state index in [4.69, 9.17) is 9.47 Å². The quantitative estimate of drug-likeness (QED) is 0.365. The zero-order valence-electron chi connectivity index (χ0n) is 12.2. The number of carbonyl (C=O) groups is 1. The van der Waals surface area contributed by atoms with E-state index in [1.807, 2.05) is 0 Å². The molecule has 0 bridgehead atoms. The molecule has 126 valence electrons. The van der Waals surface area contributed by atoms with Crippen molar-refractivity contribution in [1.82, 2.24) is 0 Å². The summed E-state index contributed by atoms with van der Waals surface area (Å²) in [7, 11) is 1.31. The molecule has 0 fully saturated rings. The fourth-order valence-corrected chi connectivity index (χ4v) is 1.81.